The number of hydrogen-bond acceptors (Lipinski definition) is 5. The summed E-state index contributed by atoms with van der Waals surface area (Å²) in [5, 5.41) is 0.370. The van der Waals surface area contributed by atoms with Gasteiger partial charge in [-0.15, -0.1) is 0 Å². The summed E-state index contributed by atoms with van der Waals surface area (Å²) in [7, 11) is -3.97. The van der Waals surface area contributed by atoms with Gasteiger partial charge in [0.15, 0.2) is 6.10 Å². The molecule has 0 fully saturated rings. The van der Waals surface area contributed by atoms with E-state index >= 15 is 0 Å². The minimum Gasteiger partial charge on any atom is -0.453 e. The maximum Gasteiger partial charge on any atom is 0.324 e. The maximum absolute atomic E-state index is 12.9. The van der Waals surface area contributed by atoms with E-state index in [2.05, 4.69) is 4.72 Å². The number of benzene rings is 2. The van der Waals surface area contributed by atoms with E-state index in [9.17, 15) is 22.4 Å². The van der Waals surface area contributed by atoms with Crippen LogP contribution in [0.5, 0.6) is 0 Å². The van der Waals surface area contributed by atoms with E-state index in [0.29, 0.717) is 5.02 Å². The largest absolute Gasteiger partial charge is 0.453 e. The van der Waals surface area contributed by atoms with E-state index in [4.69, 9.17) is 16.3 Å². The minimum absolute atomic E-state index is 0.0676. The van der Waals surface area contributed by atoms with Gasteiger partial charge in [-0.25, -0.2) is 12.8 Å². The van der Waals surface area contributed by atoms with E-state index < -0.39 is 39.7 Å². The van der Waals surface area contributed by atoms with Crippen molar-refractivity contribution in [2.45, 2.75) is 30.9 Å². The zero-order valence-corrected chi connectivity index (χ0v) is 16.1. The molecule has 2 aromatic carbocycles. The first-order valence-corrected chi connectivity index (χ1v) is 9.74. The summed E-state index contributed by atoms with van der Waals surface area (Å²) in [6.45, 7) is 2.65. The fraction of sp³-hybridized carbons (Fsp3) is 0.222. The Morgan fingerprint density at radius 2 is 1.59 bits per heavy atom. The second-order valence-electron chi connectivity index (χ2n) is 5.75. The van der Waals surface area contributed by atoms with E-state index in [1.165, 1.54) is 50.2 Å². The summed E-state index contributed by atoms with van der Waals surface area (Å²) in [4.78, 5) is 24.3. The normalized spacial score (nSPS) is 13.6. The first kappa shape index (κ1) is 21.0. The van der Waals surface area contributed by atoms with Gasteiger partial charge in [-0.3, -0.25) is 9.59 Å². The Hall–Kier alpha value is -2.29. The average molecular weight is 414 g/mol. The Morgan fingerprint density at radius 3 is 2.15 bits per heavy atom. The molecule has 0 radical (unpaired) electrons. The quantitative estimate of drug-likeness (QED) is 0.556. The lowest BCUT2D eigenvalue weighted by molar-refractivity contribution is -0.147. The van der Waals surface area contributed by atoms with Crippen LogP contribution in [0.4, 0.5) is 4.39 Å². The highest BCUT2D eigenvalue weighted by Crippen LogP contribution is 2.15. The van der Waals surface area contributed by atoms with Crippen LogP contribution in [0.25, 0.3) is 0 Å². The molecular weight excluding hydrogens is 397 g/mol. The summed E-state index contributed by atoms with van der Waals surface area (Å²) in [5.41, 5.74) is 0.172. The lowest BCUT2D eigenvalue weighted by Crippen LogP contribution is -2.41. The zero-order chi connectivity index (χ0) is 20.2. The van der Waals surface area contributed by atoms with Gasteiger partial charge in [0, 0.05) is 10.6 Å². The number of ketones is 1. The molecule has 0 amide bonds. The molecule has 2 rings (SSSR count). The summed E-state index contributed by atoms with van der Waals surface area (Å²) in [6.07, 6.45) is -1.16. The van der Waals surface area contributed by atoms with Crippen LogP contribution in [-0.2, 0) is 19.6 Å². The van der Waals surface area contributed by atoms with Gasteiger partial charge in [0.25, 0.3) is 0 Å². The Kier molecular flexibility index (Phi) is 6.69. The van der Waals surface area contributed by atoms with Crippen LogP contribution >= 0.6 is 11.6 Å². The van der Waals surface area contributed by atoms with E-state index in [1.54, 1.807) is 0 Å². The van der Waals surface area contributed by atoms with E-state index in [-0.39, 0.29) is 10.5 Å². The molecule has 0 spiro atoms. The van der Waals surface area contributed by atoms with Crippen molar-refractivity contribution in [1.29, 1.82) is 0 Å². The van der Waals surface area contributed by atoms with Crippen LogP contribution in [0.2, 0.25) is 5.02 Å². The lowest BCUT2D eigenvalue weighted by Gasteiger charge is -2.17. The number of ether oxygens (including phenoxy) is 1. The summed E-state index contributed by atoms with van der Waals surface area (Å²) in [5.74, 6) is -1.95. The third-order valence-electron chi connectivity index (χ3n) is 3.60. The molecule has 144 valence electrons. The third kappa shape index (κ3) is 5.59. The minimum atomic E-state index is -3.97. The van der Waals surface area contributed by atoms with Crippen LogP contribution < -0.4 is 4.72 Å². The van der Waals surface area contributed by atoms with Crippen LogP contribution in [0.15, 0.2) is 53.4 Å². The molecule has 0 unspecified atom stereocenters. The molecule has 0 saturated carbocycles. The van der Waals surface area contributed by atoms with Crippen molar-refractivity contribution < 1.29 is 27.1 Å². The SMILES string of the molecule is C[C@H](NS(=O)(=O)c1ccc(Cl)cc1)C(=O)O[C@@H](C)C(=O)c1ccc(F)cc1. The van der Waals surface area contributed by atoms with Crippen molar-refractivity contribution in [3.8, 4) is 0 Å². The number of carbonyl (C=O) groups excluding carboxylic acids is 2. The van der Waals surface area contributed by atoms with Gasteiger partial charge >= 0.3 is 5.97 Å². The van der Waals surface area contributed by atoms with E-state index in [0.717, 1.165) is 12.1 Å². The maximum atomic E-state index is 12.9. The molecule has 0 saturated heterocycles. The summed E-state index contributed by atoms with van der Waals surface area (Å²) in [6, 6.07) is 8.95. The Bertz CT molecular complexity index is 929. The second-order valence-corrected chi connectivity index (χ2v) is 7.90. The highest BCUT2D eigenvalue weighted by atomic mass is 35.5. The van der Waals surface area contributed by atoms with Gasteiger partial charge in [0.2, 0.25) is 15.8 Å². The van der Waals surface area contributed by atoms with E-state index in [1.807, 2.05) is 0 Å². The first-order valence-electron chi connectivity index (χ1n) is 7.88. The first-order chi connectivity index (χ1) is 12.6. The molecule has 2 atom stereocenters. The van der Waals surface area contributed by atoms with Crippen molar-refractivity contribution in [2.24, 2.45) is 0 Å². The highest BCUT2D eigenvalue weighted by Gasteiger charge is 2.26. The summed E-state index contributed by atoms with van der Waals surface area (Å²) < 4.78 is 44.7. The predicted molar refractivity (Wildman–Crippen MR) is 97.5 cm³/mol. The van der Waals surface area contributed by atoms with Crippen LogP contribution in [0.1, 0.15) is 24.2 Å². The fourth-order valence-electron chi connectivity index (χ4n) is 2.14. The number of nitrogens with one attached hydrogen (secondary N) is 1. The molecule has 27 heavy (non-hydrogen) atoms. The molecule has 1 N–H and O–H groups in total. The third-order valence-corrected chi connectivity index (χ3v) is 5.41. The number of sulfonamides is 1. The van der Waals surface area contributed by atoms with Crippen molar-refractivity contribution in [3.63, 3.8) is 0 Å². The van der Waals surface area contributed by atoms with Gasteiger partial charge < -0.3 is 4.74 Å². The van der Waals surface area contributed by atoms with Gasteiger partial charge in [-0.1, -0.05) is 11.6 Å². The molecule has 0 aliphatic heterocycles. The fourth-order valence-corrected chi connectivity index (χ4v) is 3.46. The number of Topliss-reactive ketones (excluding diaryl/α,β-unsaturated/α-hetero) is 1. The molecule has 0 heterocycles. The molecule has 9 heteroatoms. The molecule has 0 aromatic heterocycles. The van der Waals surface area contributed by atoms with Crippen LogP contribution in [-0.4, -0.2) is 32.3 Å². The molecule has 0 aliphatic carbocycles. The van der Waals surface area contributed by atoms with Crippen molar-refractivity contribution >= 4 is 33.4 Å². The average Bonchev–Trinajstić information content (AvgIpc) is 2.61. The summed E-state index contributed by atoms with van der Waals surface area (Å²) >= 11 is 5.72. The molecule has 0 aliphatic rings. The standard InChI is InChI=1S/C18H17ClFNO5S/c1-11(21-27(24,25)16-9-5-14(19)6-10-16)18(23)26-12(2)17(22)13-3-7-15(20)8-4-13/h3-12,21H,1-2H3/t11-,12-/m0/s1. The smallest absolute Gasteiger partial charge is 0.324 e. The van der Waals surface area contributed by atoms with Crippen molar-refractivity contribution in [2.75, 3.05) is 0 Å². The number of rotatable bonds is 7. The predicted octanol–water partition coefficient (Wildman–Crippen LogP) is 2.96. The van der Waals surface area contributed by atoms with Crippen LogP contribution in [0, 0.1) is 5.82 Å². The topological polar surface area (TPSA) is 89.5 Å². The van der Waals surface area contributed by atoms with Gasteiger partial charge in [0.1, 0.15) is 11.9 Å². The molecule has 0 bridgehead atoms. The number of halogens is 2. The lowest BCUT2D eigenvalue weighted by atomic mass is 10.1. The number of esters is 1. The Labute approximate surface area is 161 Å². The number of hydrogen-bond donors (Lipinski definition) is 1. The Balaban J connectivity index is 2.01. The van der Waals surface area contributed by atoms with Crippen molar-refractivity contribution in [1.82, 2.24) is 4.72 Å². The molecule has 6 nitrogen and oxygen atoms in total. The zero-order valence-electron chi connectivity index (χ0n) is 14.5. The molecular formula is C18H17ClFNO5S. The Morgan fingerprint density at radius 1 is 1.04 bits per heavy atom. The molecule has 2 aromatic rings. The van der Waals surface area contributed by atoms with Crippen molar-refractivity contribution in [3.05, 3.63) is 64.9 Å². The van der Waals surface area contributed by atoms with Crippen LogP contribution in [0.3, 0.4) is 0 Å². The van der Waals surface area contributed by atoms with Gasteiger partial charge in [0.05, 0.1) is 4.90 Å². The monoisotopic (exact) mass is 413 g/mol. The van der Waals surface area contributed by atoms with Gasteiger partial charge in [-0.2, -0.15) is 4.72 Å². The highest BCUT2D eigenvalue weighted by molar-refractivity contribution is 7.89. The van der Waals surface area contributed by atoms with Gasteiger partial charge in [-0.05, 0) is 62.4 Å². The number of carbonyl (C=O) groups is 2. The second kappa shape index (κ2) is 8.60.